The van der Waals surface area contributed by atoms with Gasteiger partial charge in [0.2, 0.25) is 0 Å². The molecule has 0 aliphatic heterocycles. The number of esters is 2. The number of hydrogen-bond acceptors (Lipinski definition) is 9. The Labute approximate surface area is 371 Å². The molecule has 60 heavy (non-hydrogen) atoms. The van der Waals surface area contributed by atoms with E-state index in [1.807, 2.05) is 0 Å². The Morgan fingerprint density at radius 3 is 1.17 bits per heavy atom. The van der Waals surface area contributed by atoms with E-state index in [2.05, 4.69) is 32.6 Å². The van der Waals surface area contributed by atoms with Crippen molar-refractivity contribution in [1.29, 1.82) is 0 Å². The quantitative estimate of drug-likeness (QED) is 0.0473. The van der Waals surface area contributed by atoms with Crippen LogP contribution < -0.4 is 0 Å². The number of ether oxygens (including phenoxy) is 5. The maximum absolute atomic E-state index is 13.0. The van der Waals surface area contributed by atoms with Gasteiger partial charge in [-0.05, 0) is 70.9 Å². The van der Waals surface area contributed by atoms with Crippen molar-refractivity contribution >= 4 is 11.9 Å². The van der Waals surface area contributed by atoms with Crippen LogP contribution >= 0.6 is 0 Å². The van der Waals surface area contributed by atoms with Gasteiger partial charge in [0.1, 0.15) is 6.61 Å². The molecule has 0 aromatic carbocycles. The van der Waals surface area contributed by atoms with Crippen LogP contribution in [0.4, 0.5) is 0 Å². The fraction of sp³-hybridized carbons (Fsp3) is 0.961. The second-order valence-corrected chi connectivity index (χ2v) is 17.8. The van der Waals surface area contributed by atoms with E-state index < -0.39 is 5.41 Å². The topological polar surface area (TPSA) is 104 Å². The number of carbonyl (C=O) groups excluding carboxylic acids is 2. The predicted molar refractivity (Wildman–Crippen MR) is 251 cm³/mol. The lowest BCUT2D eigenvalue weighted by molar-refractivity contribution is -0.156. The molecule has 0 amide bonds. The molecule has 9 heteroatoms. The van der Waals surface area contributed by atoms with Crippen LogP contribution in [0.3, 0.4) is 0 Å². The summed E-state index contributed by atoms with van der Waals surface area (Å²) in [6.45, 7) is 16.4. The van der Waals surface area contributed by atoms with E-state index in [1.54, 1.807) is 0 Å². The lowest BCUT2D eigenvalue weighted by Crippen LogP contribution is -2.42. The summed E-state index contributed by atoms with van der Waals surface area (Å²) in [6.07, 6.45) is 35.1. The van der Waals surface area contributed by atoms with Crippen LogP contribution in [0, 0.1) is 5.41 Å². The molecular formula is C51H101NO8. The zero-order valence-electron chi connectivity index (χ0n) is 40.4. The van der Waals surface area contributed by atoms with Gasteiger partial charge in [-0.25, -0.2) is 0 Å². The summed E-state index contributed by atoms with van der Waals surface area (Å²) in [5.41, 5.74) is -0.504. The zero-order chi connectivity index (χ0) is 43.9. The Morgan fingerprint density at radius 1 is 0.383 bits per heavy atom. The average Bonchev–Trinajstić information content (AvgIpc) is 3.25. The highest BCUT2D eigenvalue weighted by Crippen LogP contribution is 2.23. The smallest absolute Gasteiger partial charge is 0.305 e. The minimum Gasteiger partial charge on any atom is -0.466 e. The van der Waals surface area contributed by atoms with Gasteiger partial charge in [0.25, 0.3) is 0 Å². The fourth-order valence-corrected chi connectivity index (χ4v) is 7.53. The molecule has 9 nitrogen and oxygen atoms in total. The lowest BCUT2D eigenvalue weighted by atomic mass is 9.92. The van der Waals surface area contributed by atoms with Crippen LogP contribution in [0.25, 0.3) is 0 Å². The number of aliphatic hydroxyl groups excluding tert-OH is 1. The molecule has 0 heterocycles. The van der Waals surface area contributed by atoms with Crippen molar-refractivity contribution in [3.63, 3.8) is 0 Å². The van der Waals surface area contributed by atoms with Crippen LogP contribution in [0.15, 0.2) is 0 Å². The molecule has 0 unspecified atom stereocenters. The van der Waals surface area contributed by atoms with E-state index in [9.17, 15) is 14.7 Å². The first-order valence-corrected chi connectivity index (χ1v) is 25.8. The Hall–Kier alpha value is -1.26. The number of hydrogen-bond donors (Lipinski definition) is 1. The van der Waals surface area contributed by atoms with Gasteiger partial charge >= 0.3 is 11.9 Å². The highest BCUT2D eigenvalue weighted by Gasteiger charge is 2.34. The van der Waals surface area contributed by atoms with E-state index in [0.717, 1.165) is 110 Å². The largest absolute Gasteiger partial charge is 0.466 e. The summed E-state index contributed by atoms with van der Waals surface area (Å²) in [7, 11) is 0. The SMILES string of the molecule is CCCCCCCCCCCOC(=O)CCCCCN(CCCO)CCCCCCCC(=O)OCC(COCCCCCC)(COCCCCCC)COCCCCCC. The molecule has 0 bridgehead atoms. The molecule has 0 radical (unpaired) electrons. The molecule has 0 aliphatic rings. The fourth-order valence-electron chi connectivity index (χ4n) is 7.53. The van der Waals surface area contributed by atoms with Gasteiger partial charge in [0, 0.05) is 45.8 Å². The van der Waals surface area contributed by atoms with Crippen molar-refractivity contribution in [3.05, 3.63) is 0 Å². The summed E-state index contributed by atoms with van der Waals surface area (Å²) in [6, 6.07) is 0. The van der Waals surface area contributed by atoms with Crippen LogP contribution in [0.2, 0.25) is 0 Å². The Morgan fingerprint density at radius 2 is 0.717 bits per heavy atom. The molecule has 0 atom stereocenters. The van der Waals surface area contributed by atoms with Crippen LogP contribution in [-0.2, 0) is 33.3 Å². The Bertz CT molecular complexity index is 848. The van der Waals surface area contributed by atoms with Crippen LogP contribution in [0.5, 0.6) is 0 Å². The van der Waals surface area contributed by atoms with Gasteiger partial charge in [-0.3, -0.25) is 9.59 Å². The summed E-state index contributed by atoms with van der Waals surface area (Å²) < 4.78 is 30.1. The normalized spacial score (nSPS) is 11.8. The third-order valence-electron chi connectivity index (χ3n) is 11.5. The monoisotopic (exact) mass is 856 g/mol. The molecular weight excluding hydrogens is 755 g/mol. The first-order chi connectivity index (χ1) is 29.5. The van der Waals surface area contributed by atoms with E-state index in [0.29, 0.717) is 59.1 Å². The average molecular weight is 856 g/mol. The molecule has 0 spiro atoms. The lowest BCUT2D eigenvalue weighted by Gasteiger charge is -2.33. The molecule has 0 fully saturated rings. The second-order valence-electron chi connectivity index (χ2n) is 17.8. The molecule has 0 saturated heterocycles. The van der Waals surface area contributed by atoms with Crippen molar-refractivity contribution in [2.45, 2.75) is 233 Å². The van der Waals surface area contributed by atoms with Crippen molar-refractivity contribution in [3.8, 4) is 0 Å². The van der Waals surface area contributed by atoms with Gasteiger partial charge in [0.15, 0.2) is 0 Å². The third kappa shape index (κ3) is 40.8. The van der Waals surface area contributed by atoms with Gasteiger partial charge in [0.05, 0.1) is 31.8 Å². The second kappa shape index (κ2) is 47.2. The first-order valence-electron chi connectivity index (χ1n) is 25.8. The standard InChI is InChI=1S/C51H101NO8/c1-5-9-13-17-18-19-20-24-33-44-59-49(54)35-27-25-29-38-52(39-34-40-53)37-28-23-21-22-26-36-50(55)60-48-51(45-56-41-30-14-10-6-2,46-57-42-31-15-11-7-3)47-58-43-32-16-12-8-4/h53H,5-48H2,1-4H3. The summed E-state index contributed by atoms with van der Waals surface area (Å²) in [5.74, 6) is -0.196. The summed E-state index contributed by atoms with van der Waals surface area (Å²) in [5, 5.41) is 9.44. The van der Waals surface area contributed by atoms with E-state index >= 15 is 0 Å². The van der Waals surface area contributed by atoms with Crippen LogP contribution in [-0.4, -0.2) is 101 Å². The van der Waals surface area contributed by atoms with Crippen LogP contribution in [0.1, 0.15) is 233 Å². The maximum Gasteiger partial charge on any atom is 0.305 e. The van der Waals surface area contributed by atoms with Gasteiger partial charge in [-0.1, -0.05) is 163 Å². The molecule has 358 valence electrons. The summed E-state index contributed by atoms with van der Waals surface area (Å²) in [4.78, 5) is 27.7. The molecule has 0 aliphatic carbocycles. The van der Waals surface area contributed by atoms with E-state index in [1.165, 1.54) is 103 Å². The summed E-state index contributed by atoms with van der Waals surface area (Å²) >= 11 is 0. The van der Waals surface area contributed by atoms with E-state index in [-0.39, 0.29) is 25.2 Å². The molecule has 0 aromatic heterocycles. The van der Waals surface area contributed by atoms with Crippen molar-refractivity contribution in [1.82, 2.24) is 4.90 Å². The minimum absolute atomic E-state index is 0.0534. The minimum atomic E-state index is -0.504. The molecule has 1 N–H and O–H groups in total. The van der Waals surface area contributed by atoms with Gasteiger partial charge in [-0.2, -0.15) is 0 Å². The number of carbonyl (C=O) groups is 2. The highest BCUT2D eigenvalue weighted by molar-refractivity contribution is 5.69. The Balaban J connectivity index is 4.54. The molecule has 0 saturated carbocycles. The number of rotatable bonds is 50. The first kappa shape index (κ1) is 58.7. The Kier molecular flexibility index (Phi) is 46.2. The van der Waals surface area contributed by atoms with Crippen molar-refractivity contribution in [2.24, 2.45) is 5.41 Å². The number of nitrogens with zero attached hydrogens (tertiary/aromatic N) is 1. The molecule has 0 aromatic rings. The van der Waals surface area contributed by atoms with Gasteiger partial charge in [-0.15, -0.1) is 0 Å². The molecule has 0 rings (SSSR count). The van der Waals surface area contributed by atoms with E-state index in [4.69, 9.17) is 23.7 Å². The van der Waals surface area contributed by atoms with Crippen molar-refractivity contribution < 1.29 is 38.4 Å². The highest BCUT2D eigenvalue weighted by atomic mass is 16.5. The number of unbranched alkanes of at least 4 members (excludes halogenated alkanes) is 23. The number of aliphatic hydroxyl groups is 1. The van der Waals surface area contributed by atoms with Gasteiger partial charge < -0.3 is 33.7 Å². The zero-order valence-corrected chi connectivity index (χ0v) is 40.4. The third-order valence-corrected chi connectivity index (χ3v) is 11.5. The predicted octanol–water partition coefficient (Wildman–Crippen LogP) is 13.0. The van der Waals surface area contributed by atoms with Crippen molar-refractivity contribution in [2.75, 3.05) is 79.1 Å². The maximum atomic E-state index is 13.0.